The van der Waals surface area contributed by atoms with Gasteiger partial charge in [0, 0.05) is 6.42 Å². The van der Waals surface area contributed by atoms with E-state index in [-0.39, 0.29) is 5.97 Å². The van der Waals surface area contributed by atoms with Crippen LogP contribution in [-0.4, -0.2) is 39.0 Å². The van der Waals surface area contributed by atoms with E-state index in [0.29, 0.717) is 12.5 Å². The fourth-order valence-electron chi connectivity index (χ4n) is 2.54. The summed E-state index contributed by atoms with van der Waals surface area (Å²) in [5.41, 5.74) is 0. The minimum absolute atomic E-state index is 0.0763. The minimum atomic E-state index is -0.0763. The summed E-state index contributed by atoms with van der Waals surface area (Å²) in [6, 6.07) is 0. The van der Waals surface area contributed by atoms with Crippen LogP contribution in [0.3, 0.4) is 0 Å². The van der Waals surface area contributed by atoms with Gasteiger partial charge in [-0.25, -0.2) is 0 Å². The highest BCUT2D eigenvalue weighted by molar-refractivity contribution is 5.68. The molecule has 2 aliphatic heterocycles. The van der Waals surface area contributed by atoms with E-state index >= 15 is 0 Å². The van der Waals surface area contributed by atoms with Gasteiger partial charge >= 0.3 is 5.97 Å². The Balaban J connectivity index is 0.000000849. The number of carbonyl (C=O) groups is 1. The van der Waals surface area contributed by atoms with Gasteiger partial charge in [-0.3, -0.25) is 4.79 Å². The van der Waals surface area contributed by atoms with Gasteiger partial charge < -0.3 is 14.2 Å². The Labute approximate surface area is 174 Å². The molecule has 2 saturated heterocycles. The third kappa shape index (κ3) is 29.9. The summed E-state index contributed by atoms with van der Waals surface area (Å²) >= 11 is 0. The second-order valence-electron chi connectivity index (χ2n) is 7.67. The Morgan fingerprint density at radius 1 is 0.893 bits per heavy atom. The zero-order valence-electron chi connectivity index (χ0n) is 18.9. The Morgan fingerprint density at radius 2 is 1.32 bits per heavy atom. The minimum Gasteiger partial charge on any atom is -0.469 e. The molecule has 0 aromatic carbocycles. The largest absolute Gasteiger partial charge is 0.469 e. The Kier molecular flexibility index (Phi) is 21.7. The van der Waals surface area contributed by atoms with Crippen LogP contribution >= 0.6 is 0 Å². The lowest BCUT2D eigenvalue weighted by Crippen LogP contribution is -1.98. The number of hydrogen-bond acceptors (Lipinski definition) is 4. The maximum absolute atomic E-state index is 10.9. The molecule has 0 aromatic heterocycles. The normalized spacial score (nSPS) is 16.6. The van der Waals surface area contributed by atoms with Crippen molar-refractivity contribution in [3.8, 4) is 0 Å². The van der Waals surface area contributed by atoms with Crippen LogP contribution in [0.25, 0.3) is 0 Å². The number of rotatable bonds is 15. The van der Waals surface area contributed by atoms with Crippen LogP contribution in [-0.2, 0) is 19.0 Å². The molecule has 1 atom stereocenters. The van der Waals surface area contributed by atoms with Crippen molar-refractivity contribution >= 4 is 5.97 Å². The predicted octanol–water partition coefficient (Wildman–Crippen LogP) is 6.62. The average molecular weight is 399 g/mol. The topological polar surface area (TPSA) is 51.4 Å². The van der Waals surface area contributed by atoms with E-state index in [9.17, 15) is 4.79 Å². The molecule has 2 heterocycles. The molecule has 4 nitrogen and oxygen atoms in total. The van der Waals surface area contributed by atoms with Gasteiger partial charge in [-0.05, 0) is 39.0 Å². The van der Waals surface area contributed by atoms with Crippen molar-refractivity contribution in [2.24, 2.45) is 0 Å². The number of hydrogen-bond donors (Lipinski definition) is 0. The molecular weight excluding hydrogens is 352 g/mol. The van der Waals surface area contributed by atoms with Crippen molar-refractivity contribution in [2.75, 3.05) is 26.9 Å². The molecule has 0 saturated carbocycles. The van der Waals surface area contributed by atoms with Gasteiger partial charge in [0.05, 0.1) is 33.0 Å². The lowest BCUT2D eigenvalue weighted by Gasteiger charge is -2.00. The second kappa shape index (κ2) is 22.4. The summed E-state index contributed by atoms with van der Waals surface area (Å²) in [5.74, 6) is -0.0763. The Morgan fingerprint density at radius 3 is 1.71 bits per heavy atom. The first-order chi connectivity index (χ1) is 13.7. The zero-order valence-corrected chi connectivity index (χ0v) is 18.9. The van der Waals surface area contributed by atoms with E-state index in [1.807, 2.05) is 0 Å². The quantitative estimate of drug-likeness (QED) is 0.135. The summed E-state index contributed by atoms with van der Waals surface area (Å²) in [4.78, 5) is 10.9. The molecule has 2 aliphatic rings. The Hall–Kier alpha value is -0.870. The fourth-order valence-corrected chi connectivity index (χ4v) is 2.54. The molecular formula is C24H46O4. The highest BCUT2D eigenvalue weighted by Crippen LogP contribution is 2.10. The lowest BCUT2D eigenvalue weighted by atomic mass is 10.1. The van der Waals surface area contributed by atoms with Crippen LogP contribution in [0.1, 0.15) is 104 Å². The molecule has 1 unspecified atom stereocenters. The molecule has 0 aliphatic carbocycles. The molecule has 0 aromatic rings. The maximum Gasteiger partial charge on any atom is 0.305 e. The van der Waals surface area contributed by atoms with E-state index < -0.39 is 0 Å². The maximum atomic E-state index is 10.9. The molecule has 2 fully saturated rings. The van der Waals surface area contributed by atoms with E-state index in [4.69, 9.17) is 4.74 Å². The lowest BCUT2D eigenvalue weighted by molar-refractivity contribution is -0.140. The average Bonchev–Trinajstić information content (AvgIpc) is 3.60. The molecule has 28 heavy (non-hydrogen) atoms. The van der Waals surface area contributed by atoms with Crippen molar-refractivity contribution in [3.05, 3.63) is 12.2 Å². The van der Waals surface area contributed by atoms with Crippen LogP contribution in [0.15, 0.2) is 12.2 Å². The van der Waals surface area contributed by atoms with Crippen molar-refractivity contribution < 1.29 is 19.0 Å². The number of allylic oxidation sites excluding steroid dienone is 2. The molecule has 166 valence electrons. The van der Waals surface area contributed by atoms with Crippen molar-refractivity contribution in [3.63, 3.8) is 0 Å². The Bertz CT molecular complexity index is 346. The van der Waals surface area contributed by atoms with Crippen LogP contribution in [0.4, 0.5) is 0 Å². The molecule has 0 bridgehead atoms. The first-order valence-electron chi connectivity index (χ1n) is 11.6. The first-order valence-corrected chi connectivity index (χ1v) is 11.6. The summed E-state index contributed by atoms with van der Waals surface area (Å²) in [6.45, 7) is 7.31. The van der Waals surface area contributed by atoms with Crippen LogP contribution in [0.2, 0.25) is 0 Å². The van der Waals surface area contributed by atoms with Gasteiger partial charge in [-0.1, -0.05) is 70.4 Å². The van der Waals surface area contributed by atoms with Gasteiger partial charge in [-0.2, -0.15) is 0 Å². The standard InChI is InChI=1S/C19H36O2.C3H6O.C2H4O/c1-3-4-5-6-7-8-9-10-11-12-13-14-15-16-17-18-19(20)21-2;1-3-2-4-3;1-2-3-1/h10-11H,3-9,12-18H2,1-2H3;3H,2H2,1H3;1-2H2/b11-10+;;. The van der Waals surface area contributed by atoms with E-state index in [2.05, 4.69) is 35.5 Å². The molecule has 0 N–H and O–H groups in total. The summed E-state index contributed by atoms with van der Waals surface area (Å²) in [7, 11) is 1.46. The summed E-state index contributed by atoms with van der Waals surface area (Å²) in [6.07, 6.45) is 22.6. The molecule has 0 spiro atoms. The highest BCUT2D eigenvalue weighted by Gasteiger charge is 2.13. The SMILES string of the molecule is C1CO1.CC1CO1.CCCCCCCC/C=C/CCCCCCCC(=O)OC. The summed E-state index contributed by atoms with van der Waals surface area (Å²) < 4.78 is 13.8. The van der Waals surface area contributed by atoms with Gasteiger partial charge in [-0.15, -0.1) is 0 Å². The molecule has 2 rings (SSSR count). The third-order valence-corrected chi connectivity index (χ3v) is 4.57. The number of carbonyl (C=O) groups excluding carboxylic acids is 1. The second-order valence-corrected chi connectivity index (χ2v) is 7.67. The fraction of sp³-hybridized carbons (Fsp3) is 0.875. The van der Waals surface area contributed by atoms with Gasteiger partial charge in [0.2, 0.25) is 0 Å². The monoisotopic (exact) mass is 398 g/mol. The van der Waals surface area contributed by atoms with Crippen LogP contribution < -0.4 is 0 Å². The molecule has 0 radical (unpaired) electrons. The summed E-state index contributed by atoms with van der Waals surface area (Å²) in [5, 5.41) is 0. The third-order valence-electron chi connectivity index (χ3n) is 4.57. The number of unbranched alkanes of at least 4 members (excludes halogenated alkanes) is 11. The zero-order chi connectivity index (χ0) is 20.7. The van der Waals surface area contributed by atoms with Gasteiger partial charge in [0.25, 0.3) is 0 Å². The van der Waals surface area contributed by atoms with Gasteiger partial charge in [0.1, 0.15) is 0 Å². The molecule has 4 heteroatoms. The number of esters is 1. The van der Waals surface area contributed by atoms with Crippen molar-refractivity contribution in [1.82, 2.24) is 0 Å². The molecule has 0 amide bonds. The number of epoxide rings is 2. The van der Waals surface area contributed by atoms with E-state index in [0.717, 1.165) is 32.7 Å². The van der Waals surface area contributed by atoms with Gasteiger partial charge in [0.15, 0.2) is 0 Å². The van der Waals surface area contributed by atoms with Crippen molar-refractivity contribution in [2.45, 2.75) is 110 Å². The predicted molar refractivity (Wildman–Crippen MR) is 118 cm³/mol. The number of ether oxygens (including phenoxy) is 3. The van der Waals surface area contributed by atoms with E-state index in [1.54, 1.807) is 0 Å². The van der Waals surface area contributed by atoms with Crippen molar-refractivity contribution in [1.29, 1.82) is 0 Å². The van der Waals surface area contributed by atoms with Crippen LogP contribution in [0.5, 0.6) is 0 Å². The number of methoxy groups -OCH3 is 1. The van der Waals surface area contributed by atoms with Crippen LogP contribution in [0, 0.1) is 0 Å². The highest BCUT2D eigenvalue weighted by atomic mass is 16.6. The van der Waals surface area contributed by atoms with E-state index in [1.165, 1.54) is 77.7 Å². The first kappa shape index (κ1) is 27.1. The smallest absolute Gasteiger partial charge is 0.305 e.